The fourth-order valence-corrected chi connectivity index (χ4v) is 5.74. The van der Waals surface area contributed by atoms with Crippen molar-refractivity contribution in [2.45, 2.75) is 57.3 Å². The van der Waals surface area contributed by atoms with Gasteiger partial charge in [0.15, 0.2) is 11.6 Å². The molecule has 1 aromatic heterocycles. The molecule has 6 rings (SSSR count). The molecule has 2 atom stereocenters. The van der Waals surface area contributed by atoms with Crippen molar-refractivity contribution in [3.8, 4) is 34.1 Å². The molecule has 0 saturated heterocycles. The van der Waals surface area contributed by atoms with Gasteiger partial charge in [0.05, 0.1) is 38.5 Å². The Balaban J connectivity index is 1.20. The van der Waals surface area contributed by atoms with Crippen LogP contribution >= 0.6 is 0 Å². The number of rotatable bonds is 9. The Morgan fingerprint density at radius 3 is 2.68 bits per heavy atom. The van der Waals surface area contributed by atoms with Crippen LogP contribution in [0.15, 0.2) is 54.9 Å². The predicted octanol–water partition coefficient (Wildman–Crippen LogP) is 6.64. The number of esters is 1. The highest BCUT2D eigenvalue weighted by Gasteiger charge is 2.32. The first kappa shape index (κ1) is 29.6. The molecule has 1 N–H and O–H groups in total. The Hall–Kier alpha value is -4.51. The molecule has 0 saturated carbocycles. The average Bonchev–Trinajstić information content (AvgIpc) is 3.70. The second kappa shape index (κ2) is 11.5. The Morgan fingerprint density at radius 1 is 1.09 bits per heavy atom. The van der Waals surface area contributed by atoms with E-state index in [2.05, 4.69) is 5.10 Å². The molecule has 0 bridgehead atoms. The highest BCUT2D eigenvalue weighted by atomic mass is 19.1. The topological polar surface area (TPSA) is 92.0 Å². The molecule has 3 aromatic carbocycles. The van der Waals surface area contributed by atoms with Crippen LogP contribution in [0.3, 0.4) is 0 Å². The van der Waals surface area contributed by atoms with Gasteiger partial charge in [0.2, 0.25) is 0 Å². The Bertz CT molecular complexity index is 1730. The summed E-state index contributed by atoms with van der Waals surface area (Å²) in [6.45, 7) is 3.76. The number of hydrogen-bond acceptors (Lipinski definition) is 7. The Morgan fingerprint density at radius 2 is 1.91 bits per heavy atom. The maximum atomic E-state index is 15.2. The minimum absolute atomic E-state index is 0.00964. The van der Waals surface area contributed by atoms with Gasteiger partial charge in [-0.3, -0.25) is 9.48 Å². The first-order valence-corrected chi connectivity index (χ1v) is 14.2. The van der Waals surface area contributed by atoms with E-state index in [1.807, 2.05) is 6.07 Å². The molecule has 230 valence electrons. The highest BCUT2D eigenvalue weighted by Crippen LogP contribution is 2.45. The zero-order chi connectivity index (χ0) is 31.2. The number of methoxy groups -OCH3 is 1. The molecule has 1 aliphatic carbocycles. The lowest BCUT2D eigenvalue weighted by Crippen LogP contribution is -2.26. The number of halogens is 3. The van der Waals surface area contributed by atoms with Crippen LogP contribution < -0.4 is 14.2 Å². The second-order valence-electron chi connectivity index (χ2n) is 11.7. The van der Waals surface area contributed by atoms with Crippen LogP contribution in [0.2, 0.25) is 0 Å². The van der Waals surface area contributed by atoms with Crippen LogP contribution in [0.4, 0.5) is 13.2 Å². The zero-order valence-electron chi connectivity index (χ0n) is 24.4. The van der Waals surface area contributed by atoms with Crippen molar-refractivity contribution < 1.29 is 42.0 Å². The maximum absolute atomic E-state index is 15.2. The summed E-state index contributed by atoms with van der Waals surface area (Å²) in [6.07, 6.45) is 3.33. The minimum Gasteiger partial charge on any atom is -0.492 e. The molecule has 0 spiro atoms. The number of hydrogen-bond donors (Lipinski definition) is 1. The molecular formula is C33H31F3N2O6. The van der Waals surface area contributed by atoms with Crippen LogP contribution in [0, 0.1) is 17.5 Å². The lowest BCUT2D eigenvalue weighted by Gasteiger charge is -2.17. The molecule has 4 aromatic rings. The molecule has 1 unspecified atom stereocenters. The van der Waals surface area contributed by atoms with Gasteiger partial charge in [-0.1, -0.05) is 6.07 Å². The smallest absolute Gasteiger partial charge is 0.306 e. The van der Waals surface area contributed by atoms with E-state index in [1.165, 1.54) is 36.3 Å². The summed E-state index contributed by atoms with van der Waals surface area (Å²) in [7, 11) is 1.34. The number of fused-ring (bicyclic) bond motifs is 2. The van der Waals surface area contributed by atoms with E-state index < -0.39 is 29.2 Å². The first-order chi connectivity index (χ1) is 21.0. The predicted molar refractivity (Wildman–Crippen MR) is 153 cm³/mol. The average molecular weight is 609 g/mol. The molecule has 2 aliphatic rings. The lowest BCUT2D eigenvalue weighted by atomic mass is 9.98. The van der Waals surface area contributed by atoms with Crippen molar-refractivity contribution in [2.24, 2.45) is 0 Å². The van der Waals surface area contributed by atoms with Crippen molar-refractivity contribution in [1.82, 2.24) is 9.78 Å². The number of benzene rings is 3. The zero-order valence-corrected chi connectivity index (χ0v) is 24.4. The summed E-state index contributed by atoms with van der Waals surface area (Å²) < 4.78 is 69.4. The van der Waals surface area contributed by atoms with Gasteiger partial charge >= 0.3 is 5.97 Å². The van der Waals surface area contributed by atoms with Crippen LogP contribution in [-0.4, -0.2) is 40.2 Å². The molecule has 1 aliphatic heterocycles. The summed E-state index contributed by atoms with van der Waals surface area (Å²) >= 11 is 0. The van der Waals surface area contributed by atoms with Crippen molar-refractivity contribution in [3.63, 3.8) is 0 Å². The van der Waals surface area contributed by atoms with E-state index in [9.17, 15) is 9.90 Å². The van der Waals surface area contributed by atoms with E-state index in [0.29, 0.717) is 47.6 Å². The summed E-state index contributed by atoms with van der Waals surface area (Å²) in [5.41, 5.74) is 0.988. The summed E-state index contributed by atoms with van der Waals surface area (Å²) in [5, 5.41) is 14.1. The fourth-order valence-electron chi connectivity index (χ4n) is 5.74. The molecular weight excluding hydrogens is 577 g/mol. The van der Waals surface area contributed by atoms with Crippen LogP contribution in [0.1, 0.15) is 55.4 Å². The van der Waals surface area contributed by atoms with Gasteiger partial charge in [-0.25, -0.2) is 13.2 Å². The molecule has 2 heterocycles. The quantitative estimate of drug-likeness (QED) is 0.213. The fraction of sp³-hybridized carbons (Fsp3) is 0.333. The first-order valence-electron chi connectivity index (χ1n) is 14.2. The normalized spacial score (nSPS) is 17.2. The van der Waals surface area contributed by atoms with Crippen LogP contribution in [0.5, 0.6) is 23.0 Å². The molecule has 11 heteroatoms. The second-order valence-corrected chi connectivity index (χ2v) is 11.7. The van der Waals surface area contributed by atoms with Crippen molar-refractivity contribution in [3.05, 3.63) is 89.0 Å². The number of carbonyl (C=O) groups excluding carboxylic acids is 1. The van der Waals surface area contributed by atoms with Crippen molar-refractivity contribution in [2.75, 3.05) is 13.7 Å². The van der Waals surface area contributed by atoms with Crippen LogP contribution in [-0.2, 0) is 22.5 Å². The number of carbonyl (C=O) groups is 1. The number of ether oxygens (including phenoxy) is 4. The van der Waals surface area contributed by atoms with Gasteiger partial charge in [-0.05, 0) is 51.0 Å². The molecule has 0 amide bonds. The number of aliphatic hydroxyl groups is 1. The minimum atomic E-state index is -1.03. The molecule has 0 fully saturated rings. The van der Waals surface area contributed by atoms with Crippen LogP contribution in [0.25, 0.3) is 11.1 Å². The van der Waals surface area contributed by atoms with E-state index in [4.69, 9.17) is 18.9 Å². The van der Waals surface area contributed by atoms with E-state index in [-0.39, 0.29) is 41.9 Å². The number of aromatic nitrogens is 2. The van der Waals surface area contributed by atoms with E-state index in [1.54, 1.807) is 26.0 Å². The third-order valence-corrected chi connectivity index (χ3v) is 7.76. The van der Waals surface area contributed by atoms with E-state index >= 15 is 13.2 Å². The molecule has 0 radical (unpaired) electrons. The summed E-state index contributed by atoms with van der Waals surface area (Å²) in [6, 6.07) is 9.90. The van der Waals surface area contributed by atoms with Gasteiger partial charge in [0, 0.05) is 52.1 Å². The van der Waals surface area contributed by atoms with Gasteiger partial charge in [0.1, 0.15) is 35.0 Å². The summed E-state index contributed by atoms with van der Waals surface area (Å²) in [5.74, 6) is -1.52. The van der Waals surface area contributed by atoms with Gasteiger partial charge in [-0.2, -0.15) is 5.10 Å². The lowest BCUT2D eigenvalue weighted by molar-refractivity contribution is -0.141. The van der Waals surface area contributed by atoms with Gasteiger partial charge < -0.3 is 24.1 Å². The highest BCUT2D eigenvalue weighted by molar-refractivity contribution is 5.71. The SMILES string of the molecule is COC(=O)CC1COc2cc(O[C@@H]3CCc4c(Oc5cc(F)c(-c6cnn(CC(C)(C)O)c6)cc5F)ccc(F)c43)ccc21. The van der Waals surface area contributed by atoms with Gasteiger partial charge in [0.25, 0.3) is 0 Å². The molecule has 8 nitrogen and oxygen atoms in total. The Kier molecular flexibility index (Phi) is 7.75. The monoisotopic (exact) mass is 608 g/mol. The van der Waals surface area contributed by atoms with Crippen molar-refractivity contribution >= 4 is 5.97 Å². The maximum Gasteiger partial charge on any atom is 0.306 e. The number of nitrogens with zero attached hydrogens (tertiary/aromatic N) is 2. The standard InChI is InChI=1S/C33H31F3N2O6/c1-33(2,40)17-38-15-19(14-37-38)23-12-26(36)30(13-25(23)35)44-27-9-7-24(34)32-22(27)6-8-28(32)43-20-4-5-21-18(10-31(39)41-3)16-42-29(21)11-20/h4-5,7,9,11-15,18,28,40H,6,8,10,16-17H2,1-3H3/t18?,28-/m1/s1. The summed E-state index contributed by atoms with van der Waals surface area (Å²) in [4.78, 5) is 11.7. The third-order valence-electron chi connectivity index (χ3n) is 7.76. The van der Waals surface area contributed by atoms with Crippen molar-refractivity contribution in [1.29, 1.82) is 0 Å². The largest absolute Gasteiger partial charge is 0.492 e. The van der Waals surface area contributed by atoms with Gasteiger partial charge in [-0.15, -0.1) is 0 Å². The third kappa shape index (κ3) is 5.96. The Labute approximate surface area is 251 Å². The van der Waals surface area contributed by atoms with E-state index in [0.717, 1.165) is 17.7 Å². The molecule has 44 heavy (non-hydrogen) atoms.